The fraction of sp³-hybridized carbons (Fsp3) is 0.486. The van der Waals surface area contributed by atoms with Gasteiger partial charge in [-0.3, -0.25) is 0 Å². The number of fused-ring (bicyclic) bond motifs is 2. The molecule has 0 atom stereocenters. The fourth-order valence-electron chi connectivity index (χ4n) is 8.30. The van der Waals surface area contributed by atoms with Crippen molar-refractivity contribution in [1.29, 1.82) is 0 Å². The van der Waals surface area contributed by atoms with Crippen molar-refractivity contribution in [3.63, 3.8) is 0 Å². The Labute approximate surface area is 459 Å². The topological polar surface area (TPSA) is 0 Å². The Kier molecular flexibility index (Phi) is 34.4. The summed E-state index contributed by atoms with van der Waals surface area (Å²) < 4.78 is 0. The summed E-state index contributed by atoms with van der Waals surface area (Å²) in [5, 5.41) is 5.49. The molecule has 0 heteroatoms. The minimum atomic E-state index is 0.591. The number of benzene rings is 7. The molecule has 0 aliphatic carbocycles. The molecule has 0 aliphatic rings. The Balaban J connectivity index is 0.000000882. The summed E-state index contributed by atoms with van der Waals surface area (Å²) in [5.74, 6) is 6.26. The van der Waals surface area contributed by atoms with Crippen molar-refractivity contribution < 1.29 is 0 Å². The average molecular weight is 1000 g/mol. The second kappa shape index (κ2) is 36.9. The highest BCUT2D eigenvalue weighted by Crippen LogP contribution is 2.29. The summed E-state index contributed by atoms with van der Waals surface area (Å²) in [4.78, 5) is 0. The Hall–Kier alpha value is -4.94. The first-order valence-corrected chi connectivity index (χ1v) is 29.4. The quantitative estimate of drug-likeness (QED) is 0.128. The van der Waals surface area contributed by atoms with Gasteiger partial charge in [-0.05, 0) is 136 Å². The van der Waals surface area contributed by atoms with Gasteiger partial charge in [-0.1, -0.05) is 326 Å². The van der Waals surface area contributed by atoms with Crippen LogP contribution in [0.3, 0.4) is 0 Å². The Morgan fingerprint density at radius 3 is 0.757 bits per heavy atom. The van der Waals surface area contributed by atoms with E-state index in [2.05, 4.69) is 284 Å². The maximum atomic E-state index is 2.33. The predicted octanol–water partition coefficient (Wildman–Crippen LogP) is 25.1. The molecule has 7 aromatic carbocycles. The minimum absolute atomic E-state index is 0.591. The van der Waals surface area contributed by atoms with Crippen molar-refractivity contribution in [1.82, 2.24) is 0 Å². The lowest BCUT2D eigenvalue weighted by Gasteiger charge is -2.14. The van der Waals surface area contributed by atoms with Gasteiger partial charge in [-0.2, -0.15) is 0 Å². The zero-order chi connectivity index (χ0) is 56.8. The van der Waals surface area contributed by atoms with Crippen molar-refractivity contribution in [3.8, 4) is 0 Å². The lowest BCUT2D eigenvalue weighted by atomic mass is 9.91. The Morgan fingerprint density at radius 1 is 0.189 bits per heavy atom. The van der Waals surface area contributed by atoms with Gasteiger partial charge in [0.1, 0.15) is 0 Å². The number of hydrogen-bond acceptors (Lipinski definition) is 0. The summed E-state index contributed by atoms with van der Waals surface area (Å²) in [6.07, 6.45) is 0. The van der Waals surface area contributed by atoms with E-state index in [1.807, 2.05) is 41.5 Å². The highest BCUT2D eigenvalue weighted by molar-refractivity contribution is 5.87. The third kappa shape index (κ3) is 23.7. The third-order valence-electron chi connectivity index (χ3n) is 13.2. The maximum absolute atomic E-state index is 2.33. The summed E-state index contributed by atoms with van der Waals surface area (Å²) in [7, 11) is 0. The molecule has 0 aliphatic heterocycles. The molecule has 7 aromatic rings. The lowest BCUT2D eigenvalue weighted by molar-refractivity contribution is 0.790. The molecule has 0 N–H and O–H groups in total. The van der Waals surface area contributed by atoms with Crippen molar-refractivity contribution in [3.05, 3.63) is 201 Å². The van der Waals surface area contributed by atoms with Crippen LogP contribution in [0.2, 0.25) is 0 Å². The number of rotatable bonds is 10. The smallest absolute Gasteiger partial charge is 0.0149 e. The molecule has 0 radical (unpaired) electrons. The SMILES string of the molecule is CC.CC.CC.CC(C)c1ccc(C(C)C)cc1.CC(C)c1ccc2c(C(C)C)cccc2c1.CC(C)c1ccc2cc(C(C)C)ccc2c1.CC(C)c1cccc(C(C)C)c1.CC(C)c1ccccc1C(C)C. The predicted molar refractivity (Wildman–Crippen MR) is 342 cm³/mol. The van der Waals surface area contributed by atoms with E-state index < -0.39 is 0 Å². The van der Waals surface area contributed by atoms with Gasteiger partial charge in [0.2, 0.25) is 0 Å². The number of hydrogen-bond donors (Lipinski definition) is 0. The second-order valence-corrected chi connectivity index (χ2v) is 22.2. The standard InChI is InChI=1S/2C16H20.3C12H18.3C2H6/c1-11(2)13-5-7-16-10-14(12(3)4)6-8-15(16)9-13;1-11(2)13-8-9-16-14(10-13)6-5-7-15(16)12(3)4;1-9(2)11-5-7-12(8-6-11)10(3)4;1-9(2)11-6-5-7-12(8-11)10(3)4;1-9(2)11-7-5-6-8-12(11)10(3)4;3*1-2/h2*5-12H,1-4H3;3*5-10H,1-4H3;3*1-2H3. The lowest BCUT2D eigenvalue weighted by Crippen LogP contribution is -1.97. The summed E-state index contributed by atoms with van der Waals surface area (Å²) in [6, 6.07) is 53.6. The first-order valence-electron chi connectivity index (χ1n) is 29.4. The highest BCUT2D eigenvalue weighted by atomic mass is 14.1. The van der Waals surface area contributed by atoms with Gasteiger partial charge in [-0.25, -0.2) is 0 Å². The van der Waals surface area contributed by atoms with Crippen LogP contribution in [0.15, 0.2) is 146 Å². The van der Waals surface area contributed by atoms with Crippen LogP contribution in [0, 0.1) is 0 Å². The van der Waals surface area contributed by atoms with Crippen LogP contribution in [-0.2, 0) is 0 Å². The Bertz CT molecular complexity index is 2390. The molecule has 0 heterocycles. The molecule has 408 valence electrons. The minimum Gasteiger partial charge on any atom is -0.0683 e. The van der Waals surface area contributed by atoms with Crippen molar-refractivity contribution >= 4 is 21.5 Å². The molecule has 0 saturated heterocycles. The first kappa shape index (κ1) is 69.1. The second-order valence-electron chi connectivity index (χ2n) is 22.2. The highest BCUT2D eigenvalue weighted by Gasteiger charge is 2.09. The van der Waals surface area contributed by atoms with Crippen LogP contribution in [-0.4, -0.2) is 0 Å². The van der Waals surface area contributed by atoms with Gasteiger partial charge in [0.15, 0.2) is 0 Å². The summed E-state index contributed by atoms with van der Waals surface area (Å²) >= 11 is 0. The maximum Gasteiger partial charge on any atom is -0.0149 e. The van der Waals surface area contributed by atoms with E-state index in [1.165, 1.54) is 77.2 Å². The van der Waals surface area contributed by atoms with Crippen LogP contribution in [0.1, 0.15) is 295 Å². The normalized spacial score (nSPS) is 10.7. The molecule has 7 rings (SSSR count). The Morgan fingerprint density at radius 2 is 0.446 bits per heavy atom. The zero-order valence-corrected chi connectivity index (χ0v) is 52.6. The van der Waals surface area contributed by atoms with Gasteiger partial charge in [0, 0.05) is 0 Å². The fourth-order valence-corrected chi connectivity index (χ4v) is 8.30. The van der Waals surface area contributed by atoms with Crippen LogP contribution >= 0.6 is 0 Å². The van der Waals surface area contributed by atoms with Crippen molar-refractivity contribution in [2.75, 3.05) is 0 Å². The summed E-state index contributed by atoms with van der Waals surface area (Å²) in [5.41, 5.74) is 14.5. The average Bonchev–Trinajstić information content (AvgIpc) is 3.40. The van der Waals surface area contributed by atoms with Gasteiger partial charge in [-0.15, -0.1) is 0 Å². The molecule has 0 saturated carbocycles. The molecule has 0 bridgehead atoms. The first-order chi connectivity index (χ1) is 35.0. The third-order valence-corrected chi connectivity index (χ3v) is 13.2. The zero-order valence-electron chi connectivity index (χ0n) is 52.6. The molecule has 0 spiro atoms. The van der Waals surface area contributed by atoms with E-state index in [0.717, 1.165) is 0 Å². The molecule has 0 nitrogen and oxygen atoms in total. The molecule has 0 fully saturated rings. The van der Waals surface area contributed by atoms with E-state index >= 15 is 0 Å². The molecular weight excluding hydrogens is 889 g/mol. The van der Waals surface area contributed by atoms with Gasteiger partial charge < -0.3 is 0 Å². The van der Waals surface area contributed by atoms with Gasteiger partial charge in [0.25, 0.3) is 0 Å². The van der Waals surface area contributed by atoms with E-state index in [-0.39, 0.29) is 0 Å². The van der Waals surface area contributed by atoms with E-state index in [4.69, 9.17) is 0 Å². The molecule has 0 unspecified atom stereocenters. The molecular formula is C74H112. The van der Waals surface area contributed by atoms with E-state index in [1.54, 1.807) is 0 Å². The largest absolute Gasteiger partial charge is 0.0683 e. The van der Waals surface area contributed by atoms with Crippen LogP contribution in [0.25, 0.3) is 21.5 Å². The molecule has 74 heavy (non-hydrogen) atoms. The van der Waals surface area contributed by atoms with Gasteiger partial charge >= 0.3 is 0 Å². The van der Waals surface area contributed by atoms with Crippen LogP contribution < -0.4 is 0 Å². The van der Waals surface area contributed by atoms with Crippen molar-refractivity contribution in [2.24, 2.45) is 0 Å². The summed E-state index contributed by atoms with van der Waals surface area (Å²) in [6.45, 7) is 56.8. The monoisotopic (exact) mass is 1000 g/mol. The molecule has 0 aromatic heterocycles. The molecule has 0 amide bonds. The van der Waals surface area contributed by atoms with E-state index in [0.29, 0.717) is 59.2 Å². The van der Waals surface area contributed by atoms with Crippen LogP contribution in [0.4, 0.5) is 0 Å². The van der Waals surface area contributed by atoms with Gasteiger partial charge in [0.05, 0.1) is 0 Å². The van der Waals surface area contributed by atoms with E-state index in [9.17, 15) is 0 Å². The van der Waals surface area contributed by atoms with Crippen LogP contribution in [0.5, 0.6) is 0 Å². The van der Waals surface area contributed by atoms with Crippen molar-refractivity contribution in [2.45, 2.75) is 239 Å².